The van der Waals surface area contributed by atoms with E-state index in [0.717, 1.165) is 5.56 Å². The SMILES string of the molecule is C[C@H](N)C(=O)OCc1cccc(Cl)c1. The molecule has 0 aliphatic rings. The maximum atomic E-state index is 11.0. The number of carbonyl (C=O) groups excluding carboxylic acids is 1. The Morgan fingerprint density at radius 1 is 1.64 bits per heavy atom. The van der Waals surface area contributed by atoms with Crippen molar-refractivity contribution in [3.63, 3.8) is 0 Å². The first-order valence-corrected chi connectivity index (χ1v) is 4.64. The molecule has 3 nitrogen and oxygen atoms in total. The van der Waals surface area contributed by atoms with E-state index < -0.39 is 12.0 Å². The lowest BCUT2D eigenvalue weighted by atomic mass is 10.2. The molecular weight excluding hydrogens is 202 g/mol. The molecule has 0 heterocycles. The summed E-state index contributed by atoms with van der Waals surface area (Å²) in [6.07, 6.45) is 0. The van der Waals surface area contributed by atoms with Gasteiger partial charge in [0.2, 0.25) is 0 Å². The van der Waals surface area contributed by atoms with Gasteiger partial charge in [0, 0.05) is 5.02 Å². The van der Waals surface area contributed by atoms with Gasteiger partial charge in [-0.15, -0.1) is 0 Å². The van der Waals surface area contributed by atoms with Gasteiger partial charge in [-0.25, -0.2) is 0 Å². The minimum absolute atomic E-state index is 0.209. The molecule has 0 fully saturated rings. The molecule has 0 aliphatic heterocycles. The Morgan fingerprint density at radius 2 is 2.36 bits per heavy atom. The van der Waals surface area contributed by atoms with Crippen LogP contribution in [0.25, 0.3) is 0 Å². The number of hydrogen-bond donors (Lipinski definition) is 1. The second-order valence-corrected chi connectivity index (χ2v) is 3.46. The molecule has 0 radical (unpaired) electrons. The van der Waals surface area contributed by atoms with Crippen molar-refractivity contribution in [2.45, 2.75) is 19.6 Å². The molecule has 76 valence electrons. The zero-order valence-electron chi connectivity index (χ0n) is 7.87. The summed E-state index contributed by atoms with van der Waals surface area (Å²) in [6, 6.07) is 6.56. The highest BCUT2D eigenvalue weighted by atomic mass is 35.5. The summed E-state index contributed by atoms with van der Waals surface area (Å²) in [5.74, 6) is -0.412. The number of carbonyl (C=O) groups is 1. The Bertz CT molecular complexity index is 326. The Labute approximate surface area is 87.8 Å². The maximum Gasteiger partial charge on any atom is 0.322 e. The lowest BCUT2D eigenvalue weighted by Crippen LogP contribution is -2.28. The van der Waals surface area contributed by atoms with E-state index in [1.165, 1.54) is 0 Å². The van der Waals surface area contributed by atoms with Crippen molar-refractivity contribution in [1.29, 1.82) is 0 Å². The van der Waals surface area contributed by atoms with Crippen LogP contribution in [-0.4, -0.2) is 12.0 Å². The van der Waals surface area contributed by atoms with Gasteiger partial charge in [-0.3, -0.25) is 4.79 Å². The van der Waals surface area contributed by atoms with Gasteiger partial charge in [-0.05, 0) is 24.6 Å². The number of benzene rings is 1. The van der Waals surface area contributed by atoms with E-state index in [0.29, 0.717) is 5.02 Å². The lowest BCUT2D eigenvalue weighted by molar-refractivity contribution is -0.146. The third-order valence-electron chi connectivity index (χ3n) is 1.64. The quantitative estimate of drug-likeness (QED) is 0.778. The highest BCUT2D eigenvalue weighted by Gasteiger charge is 2.08. The highest BCUT2D eigenvalue weighted by molar-refractivity contribution is 6.30. The van der Waals surface area contributed by atoms with Crippen LogP contribution in [-0.2, 0) is 16.1 Å². The topological polar surface area (TPSA) is 52.3 Å². The number of rotatable bonds is 3. The lowest BCUT2D eigenvalue weighted by Gasteiger charge is -2.06. The fourth-order valence-electron chi connectivity index (χ4n) is 0.913. The van der Waals surface area contributed by atoms with Crippen LogP contribution in [0.5, 0.6) is 0 Å². The molecule has 0 bridgehead atoms. The van der Waals surface area contributed by atoms with Crippen molar-refractivity contribution in [2.75, 3.05) is 0 Å². The first kappa shape index (κ1) is 11.0. The second-order valence-electron chi connectivity index (χ2n) is 3.03. The molecule has 2 N–H and O–H groups in total. The molecule has 0 saturated heterocycles. The average Bonchev–Trinajstić information content (AvgIpc) is 2.14. The highest BCUT2D eigenvalue weighted by Crippen LogP contribution is 2.11. The maximum absolute atomic E-state index is 11.0. The van der Waals surface area contributed by atoms with E-state index in [4.69, 9.17) is 22.1 Å². The minimum atomic E-state index is -0.589. The summed E-state index contributed by atoms with van der Waals surface area (Å²) in [5, 5.41) is 0.624. The summed E-state index contributed by atoms with van der Waals surface area (Å²) in [7, 11) is 0. The van der Waals surface area contributed by atoms with Crippen molar-refractivity contribution in [3.05, 3.63) is 34.9 Å². The van der Waals surface area contributed by atoms with Crippen LogP contribution in [0.2, 0.25) is 5.02 Å². The molecule has 0 unspecified atom stereocenters. The molecule has 1 aromatic rings. The molecule has 0 spiro atoms. The molecular formula is C10H12ClNO2. The molecule has 0 saturated carbocycles. The van der Waals surface area contributed by atoms with E-state index in [9.17, 15) is 4.79 Å². The molecule has 1 atom stereocenters. The van der Waals surface area contributed by atoms with Gasteiger partial charge >= 0.3 is 5.97 Å². The average molecular weight is 214 g/mol. The Hall–Kier alpha value is -1.06. The predicted octanol–water partition coefficient (Wildman–Crippen LogP) is 1.73. The summed E-state index contributed by atoms with van der Waals surface area (Å²) in [5.41, 5.74) is 6.18. The van der Waals surface area contributed by atoms with Gasteiger partial charge in [0.1, 0.15) is 12.6 Å². The molecule has 1 aromatic carbocycles. The molecule has 0 amide bonds. The van der Waals surface area contributed by atoms with Gasteiger partial charge < -0.3 is 10.5 Å². The Morgan fingerprint density at radius 3 is 2.93 bits per heavy atom. The number of nitrogens with two attached hydrogens (primary N) is 1. The minimum Gasteiger partial charge on any atom is -0.460 e. The van der Waals surface area contributed by atoms with Gasteiger partial charge in [-0.2, -0.15) is 0 Å². The Kier molecular flexibility index (Phi) is 3.92. The largest absolute Gasteiger partial charge is 0.460 e. The molecule has 14 heavy (non-hydrogen) atoms. The van der Waals surface area contributed by atoms with Gasteiger partial charge in [0.15, 0.2) is 0 Å². The predicted molar refractivity (Wildman–Crippen MR) is 54.9 cm³/mol. The first-order valence-electron chi connectivity index (χ1n) is 4.26. The fourth-order valence-corrected chi connectivity index (χ4v) is 1.13. The summed E-state index contributed by atoms with van der Waals surface area (Å²) < 4.78 is 4.92. The van der Waals surface area contributed by atoms with E-state index >= 15 is 0 Å². The van der Waals surface area contributed by atoms with Crippen molar-refractivity contribution in [2.24, 2.45) is 5.73 Å². The molecule has 0 aromatic heterocycles. The van der Waals surface area contributed by atoms with Crippen molar-refractivity contribution < 1.29 is 9.53 Å². The zero-order valence-corrected chi connectivity index (χ0v) is 8.62. The van der Waals surface area contributed by atoms with Crippen LogP contribution in [0.3, 0.4) is 0 Å². The summed E-state index contributed by atoms with van der Waals surface area (Å²) in [6.45, 7) is 1.79. The molecule has 4 heteroatoms. The molecule has 1 rings (SSSR count). The summed E-state index contributed by atoms with van der Waals surface area (Å²) in [4.78, 5) is 11.0. The van der Waals surface area contributed by atoms with Crippen molar-refractivity contribution in [1.82, 2.24) is 0 Å². The number of hydrogen-bond acceptors (Lipinski definition) is 3. The van der Waals surface area contributed by atoms with E-state index in [-0.39, 0.29) is 6.61 Å². The van der Waals surface area contributed by atoms with Crippen LogP contribution in [0.15, 0.2) is 24.3 Å². The van der Waals surface area contributed by atoms with E-state index in [1.807, 2.05) is 6.07 Å². The van der Waals surface area contributed by atoms with Crippen molar-refractivity contribution in [3.8, 4) is 0 Å². The third kappa shape index (κ3) is 3.36. The second kappa shape index (κ2) is 4.98. The van der Waals surface area contributed by atoms with Crippen LogP contribution in [0.1, 0.15) is 12.5 Å². The van der Waals surface area contributed by atoms with E-state index in [2.05, 4.69) is 0 Å². The van der Waals surface area contributed by atoms with Crippen LogP contribution in [0.4, 0.5) is 0 Å². The Balaban J connectivity index is 2.50. The summed E-state index contributed by atoms with van der Waals surface area (Å²) >= 11 is 5.76. The molecule has 0 aliphatic carbocycles. The van der Waals surface area contributed by atoms with Gasteiger partial charge in [0.05, 0.1) is 0 Å². The normalized spacial score (nSPS) is 12.2. The van der Waals surface area contributed by atoms with Crippen LogP contribution in [0, 0.1) is 0 Å². The smallest absolute Gasteiger partial charge is 0.322 e. The van der Waals surface area contributed by atoms with Crippen LogP contribution < -0.4 is 5.73 Å². The standard InChI is InChI=1S/C10H12ClNO2/c1-7(12)10(13)14-6-8-3-2-4-9(11)5-8/h2-5,7H,6,12H2,1H3/t7-/m0/s1. The fraction of sp³-hybridized carbons (Fsp3) is 0.300. The number of esters is 1. The number of ether oxygens (including phenoxy) is 1. The number of halogens is 1. The van der Waals surface area contributed by atoms with Crippen molar-refractivity contribution >= 4 is 17.6 Å². The first-order chi connectivity index (χ1) is 6.59. The monoisotopic (exact) mass is 213 g/mol. The third-order valence-corrected chi connectivity index (χ3v) is 1.88. The van der Waals surface area contributed by atoms with Crippen LogP contribution >= 0.6 is 11.6 Å². The van der Waals surface area contributed by atoms with Gasteiger partial charge in [0.25, 0.3) is 0 Å². The van der Waals surface area contributed by atoms with Gasteiger partial charge in [-0.1, -0.05) is 23.7 Å². The zero-order chi connectivity index (χ0) is 10.6. The van der Waals surface area contributed by atoms with E-state index in [1.54, 1.807) is 25.1 Å².